The van der Waals surface area contributed by atoms with Crippen LogP contribution in [0.15, 0.2) is 23.3 Å². The summed E-state index contributed by atoms with van der Waals surface area (Å²) >= 11 is 0. The van der Waals surface area contributed by atoms with Gasteiger partial charge in [-0.05, 0) is 30.8 Å². The minimum atomic E-state index is 0.437. The third-order valence-corrected chi connectivity index (χ3v) is 2.86. The van der Waals surface area contributed by atoms with Crippen molar-refractivity contribution in [3.8, 4) is 0 Å². The van der Waals surface area contributed by atoms with Crippen LogP contribution < -0.4 is 0 Å². The van der Waals surface area contributed by atoms with Crippen molar-refractivity contribution in [1.29, 1.82) is 0 Å². The fourth-order valence-electron chi connectivity index (χ4n) is 1.82. The van der Waals surface area contributed by atoms with Crippen molar-refractivity contribution in [3.05, 3.63) is 23.3 Å². The second-order valence-electron chi connectivity index (χ2n) is 3.50. The van der Waals surface area contributed by atoms with Gasteiger partial charge in [0, 0.05) is 0 Å². The van der Waals surface area contributed by atoms with Crippen LogP contribution in [0.25, 0.3) is 0 Å². The quantitative estimate of drug-likeness (QED) is 0.573. The van der Waals surface area contributed by atoms with Crippen molar-refractivity contribution >= 4 is 6.29 Å². The van der Waals surface area contributed by atoms with E-state index in [2.05, 4.69) is 26.8 Å². The molecule has 1 aliphatic rings. The van der Waals surface area contributed by atoms with Crippen LogP contribution in [-0.2, 0) is 4.79 Å². The second kappa shape index (κ2) is 3.70. The molecule has 0 fully saturated rings. The Balaban J connectivity index is 2.93. The highest BCUT2D eigenvalue weighted by molar-refractivity contribution is 5.75. The smallest absolute Gasteiger partial charge is 0.146 e. The molecule has 1 heteroatoms. The van der Waals surface area contributed by atoms with Gasteiger partial charge in [-0.25, -0.2) is 0 Å². The van der Waals surface area contributed by atoms with E-state index in [9.17, 15) is 4.79 Å². The Morgan fingerprint density at radius 2 is 2.17 bits per heavy atom. The molecule has 1 rings (SSSR count). The van der Waals surface area contributed by atoms with E-state index in [1.807, 2.05) is 6.08 Å². The molecule has 66 valence electrons. The second-order valence-corrected chi connectivity index (χ2v) is 3.50. The van der Waals surface area contributed by atoms with Gasteiger partial charge in [0.1, 0.15) is 6.29 Å². The Morgan fingerprint density at radius 1 is 1.50 bits per heavy atom. The summed E-state index contributed by atoms with van der Waals surface area (Å²) in [6.45, 7) is 6.46. The van der Waals surface area contributed by atoms with Crippen molar-refractivity contribution in [1.82, 2.24) is 0 Å². The van der Waals surface area contributed by atoms with E-state index in [4.69, 9.17) is 0 Å². The van der Waals surface area contributed by atoms with E-state index < -0.39 is 0 Å². The monoisotopic (exact) mass is 164 g/mol. The van der Waals surface area contributed by atoms with Crippen LogP contribution in [0.1, 0.15) is 27.2 Å². The first-order valence-electron chi connectivity index (χ1n) is 4.54. The molecular formula is C11H16O. The Labute approximate surface area is 74.2 Å². The number of aldehydes is 1. The predicted octanol–water partition coefficient (Wildman–Crippen LogP) is 2.73. The van der Waals surface area contributed by atoms with E-state index in [1.54, 1.807) is 0 Å². The molecule has 0 heterocycles. The first-order valence-corrected chi connectivity index (χ1v) is 4.54. The first kappa shape index (κ1) is 9.24. The van der Waals surface area contributed by atoms with Gasteiger partial charge in [0.25, 0.3) is 0 Å². The summed E-state index contributed by atoms with van der Waals surface area (Å²) in [7, 11) is 0. The van der Waals surface area contributed by atoms with E-state index >= 15 is 0 Å². The van der Waals surface area contributed by atoms with Crippen molar-refractivity contribution < 1.29 is 4.79 Å². The first-order chi connectivity index (χ1) is 5.70. The summed E-state index contributed by atoms with van der Waals surface area (Å²) in [6, 6.07) is 0. The van der Waals surface area contributed by atoms with E-state index in [1.165, 1.54) is 5.57 Å². The maximum absolute atomic E-state index is 10.7. The fraction of sp³-hybridized carbons (Fsp3) is 0.545. The molecule has 0 radical (unpaired) electrons. The third-order valence-electron chi connectivity index (χ3n) is 2.86. The summed E-state index contributed by atoms with van der Waals surface area (Å²) in [5, 5.41) is 0. The van der Waals surface area contributed by atoms with Crippen LogP contribution in [0.5, 0.6) is 0 Å². The van der Waals surface area contributed by atoms with E-state index in [-0.39, 0.29) is 0 Å². The van der Waals surface area contributed by atoms with Crippen molar-refractivity contribution in [2.24, 2.45) is 11.8 Å². The molecule has 1 nitrogen and oxygen atoms in total. The molecular weight excluding hydrogens is 148 g/mol. The van der Waals surface area contributed by atoms with Crippen LogP contribution in [0.2, 0.25) is 0 Å². The Bertz CT molecular complexity index is 235. The van der Waals surface area contributed by atoms with E-state index in [0.717, 1.165) is 18.3 Å². The number of rotatable bonds is 2. The minimum absolute atomic E-state index is 0.437. The Hall–Kier alpha value is -0.850. The molecule has 0 amide bonds. The van der Waals surface area contributed by atoms with Gasteiger partial charge >= 0.3 is 0 Å². The fourth-order valence-corrected chi connectivity index (χ4v) is 1.82. The Morgan fingerprint density at radius 3 is 2.67 bits per heavy atom. The molecule has 0 bridgehead atoms. The van der Waals surface area contributed by atoms with Gasteiger partial charge in [-0.1, -0.05) is 31.6 Å². The van der Waals surface area contributed by atoms with Crippen molar-refractivity contribution in [2.75, 3.05) is 0 Å². The van der Waals surface area contributed by atoms with Gasteiger partial charge in [-0.3, -0.25) is 4.79 Å². The van der Waals surface area contributed by atoms with Crippen molar-refractivity contribution in [3.63, 3.8) is 0 Å². The summed E-state index contributed by atoms with van der Waals surface area (Å²) in [4.78, 5) is 10.7. The molecule has 0 saturated carbocycles. The SMILES string of the molecule is CC[C@@H]1C(C=O)=CC=C(C)C1C. The van der Waals surface area contributed by atoms with Crippen LogP contribution in [0, 0.1) is 11.8 Å². The number of hydrogen-bond acceptors (Lipinski definition) is 1. The lowest BCUT2D eigenvalue weighted by Gasteiger charge is -2.26. The highest BCUT2D eigenvalue weighted by Crippen LogP contribution is 2.31. The number of hydrogen-bond donors (Lipinski definition) is 0. The molecule has 0 aromatic heterocycles. The van der Waals surface area contributed by atoms with Crippen LogP contribution in [0.3, 0.4) is 0 Å². The topological polar surface area (TPSA) is 17.1 Å². The summed E-state index contributed by atoms with van der Waals surface area (Å²) in [6.07, 6.45) is 6.06. The lowest BCUT2D eigenvalue weighted by atomic mass is 9.78. The third kappa shape index (κ3) is 1.50. The summed E-state index contributed by atoms with van der Waals surface area (Å²) < 4.78 is 0. The van der Waals surface area contributed by atoms with Gasteiger partial charge in [-0.2, -0.15) is 0 Å². The largest absolute Gasteiger partial charge is 0.298 e. The molecule has 12 heavy (non-hydrogen) atoms. The average molecular weight is 164 g/mol. The lowest BCUT2D eigenvalue weighted by Crippen LogP contribution is -2.18. The zero-order valence-corrected chi connectivity index (χ0v) is 8.00. The van der Waals surface area contributed by atoms with Gasteiger partial charge in [0.05, 0.1) is 0 Å². The highest BCUT2D eigenvalue weighted by Gasteiger charge is 2.22. The molecule has 0 aliphatic heterocycles. The molecule has 0 spiro atoms. The number of carbonyl (C=O) groups excluding carboxylic acids is 1. The summed E-state index contributed by atoms with van der Waals surface area (Å²) in [5.41, 5.74) is 2.34. The minimum Gasteiger partial charge on any atom is -0.298 e. The van der Waals surface area contributed by atoms with Gasteiger partial charge in [0.15, 0.2) is 0 Å². The Kier molecular flexibility index (Phi) is 2.85. The highest BCUT2D eigenvalue weighted by atomic mass is 16.1. The molecule has 0 aromatic carbocycles. The van der Waals surface area contributed by atoms with Gasteiger partial charge in [-0.15, -0.1) is 0 Å². The number of allylic oxidation sites excluding steroid dienone is 4. The van der Waals surface area contributed by atoms with Crippen LogP contribution in [-0.4, -0.2) is 6.29 Å². The zero-order chi connectivity index (χ0) is 9.14. The normalized spacial score (nSPS) is 29.2. The molecule has 0 aromatic rings. The summed E-state index contributed by atoms with van der Waals surface area (Å²) in [5.74, 6) is 0.965. The molecule has 1 unspecified atom stereocenters. The molecule has 0 N–H and O–H groups in total. The standard InChI is InChI=1S/C11H16O/c1-4-11-9(3)8(2)5-6-10(11)7-12/h5-7,9,11H,4H2,1-3H3/t9?,11-/m0/s1. The van der Waals surface area contributed by atoms with Gasteiger partial charge < -0.3 is 0 Å². The maximum atomic E-state index is 10.7. The molecule has 1 aliphatic carbocycles. The van der Waals surface area contributed by atoms with E-state index in [0.29, 0.717) is 11.8 Å². The van der Waals surface area contributed by atoms with Crippen LogP contribution >= 0.6 is 0 Å². The van der Waals surface area contributed by atoms with Crippen LogP contribution in [0.4, 0.5) is 0 Å². The number of carbonyl (C=O) groups is 1. The zero-order valence-electron chi connectivity index (χ0n) is 8.00. The lowest BCUT2D eigenvalue weighted by molar-refractivity contribution is -0.105. The molecule has 0 saturated heterocycles. The molecule has 2 atom stereocenters. The van der Waals surface area contributed by atoms with Gasteiger partial charge in [0.2, 0.25) is 0 Å². The predicted molar refractivity (Wildman–Crippen MR) is 50.8 cm³/mol. The average Bonchev–Trinajstić information content (AvgIpc) is 2.09. The van der Waals surface area contributed by atoms with Crippen molar-refractivity contribution in [2.45, 2.75) is 27.2 Å². The maximum Gasteiger partial charge on any atom is 0.146 e.